The van der Waals surface area contributed by atoms with Crippen molar-refractivity contribution < 1.29 is 35.3 Å². The number of nitrogens with zero attached hydrogens (tertiary/aromatic N) is 1. The van der Waals surface area contributed by atoms with Gasteiger partial charge in [-0.3, -0.25) is 4.79 Å². The van der Waals surface area contributed by atoms with Gasteiger partial charge in [0, 0.05) is 32.3 Å². The van der Waals surface area contributed by atoms with Gasteiger partial charge in [-0.05, 0) is 55.5 Å². The minimum absolute atomic E-state index is 0.0161. The van der Waals surface area contributed by atoms with Gasteiger partial charge in [0.2, 0.25) is 0 Å². The largest absolute Gasteiger partial charge is 0.488 e. The fourth-order valence-electron chi connectivity index (χ4n) is 4.12. The standard InChI is InChI=1S/C25H32F3N3O4/c1-17(30-8-12-34-21-5-2-3-6-22(21)35-16-25(26,27)28)13-18-14-19-7-10-31(9-4-11-32)23(19)20(15-18)24(29)33/h2-3,5-6,14-15,17,30,32H,4,7-13,16H2,1H3,(H2,29,33)/t17-/m1/s1/i2D,3D. The van der Waals surface area contributed by atoms with Crippen LogP contribution in [0.4, 0.5) is 18.9 Å². The van der Waals surface area contributed by atoms with Gasteiger partial charge in [-0.15, -0.1) is 0 Å². The van der Waals surface area contributed by atoms with E-state index in [1.165, 1.54) is 0 Å². The summed E-state index contributed by atoms with van der Waals surface area (Å²) in [6, 6.07) is 5.60. The van der Waals surface area contributed by atoms with Crippen LogP contribution in [0.15, 0.2) is 36.4 Å². The smallest absolute Gasteiger partial charge is 0.422 e. The normalized spacial score (nSPS) is 14.8. The fraction of sp³-hybridized carbons (Fsp3) is 0.480. The second-order valence-corrected chi connectivity index (χ2v) is 8.45. The number of hydrogen-bond acceptors (Lipinski definition) is 6. The molecule has 0 unspecified atom stereocenters. The molecule has 10 heteroatoms. The van der Waals surface area contributed by atoms with Gasteiger partial charge in [-0.25, -0.2) is 0 Å². The number of rotatable bonds is 13. The van der Waals surface area contributed by atoms with Crippen LogP contribution in [0.2, 0.25) is 0 Å². The van der Waals surface area contributed by atoms with E-state index < -0.39 is 18.7 Å². The zero-order chi connectivity index (χ0) is 27.2. The summed E-state index contributed by atoms with van der Waals surface area (Å²) in [6.45, 7) is 2.38. The molecule has 2 aromatic rings. The van der Waals surface area contributed by atoms with E-state index in [-0.39, 0.29) is 42.8 Å². The molecule has 4 N–H and O–H groups in total. The number of primary amides is 1. The average molecular weight is 498 g/mol. The van der Waals surface area contributed by atoms with Crippen LogP contribution in [0.1, 0.15) is 37.6 Å². The monoisotopic (exact) mass is 497 g/mol. The maximum Gasteiger partial charge on any atom is 0.422 e. The number of nitrogens with one attached hydrogen (secondary N) is 1. The minimum Gasteiger partial charge on any atom is -0.488 e. The Morgan fingerprint density at radius 1 is 1.29 bits per heavy atom. The molecule has 0 aromatic heterocycles. The second-order valence-electron chi connectivity index (χ2n) is 8.45. The van der Waals surface area contributed by atoms with Crippen molar-refractivity contribution in [1.29, 1.82) is 0 Å². The molecule has 0 saturated carbocycles. The topological polar surface area (TPSA) is 97.0 Å². The van der Waals surface area contributed by atoms with Crippen LogP contribution in [-0.2, 0) is 12.8 Å². The highest BCUT2D eigenvalue weighted by molar-refractivity contribution is 6.00. The van der Waals surface area contributed by atoms with Gasteiger partial charge >= 0.3 is 6.18 Å². The number of benzene rings is 2. The Labute approximate surface area is 205 Å². The van der Waals surface area contributed by atoms with Crippen molar-refractivity contribution in [2.75, 3.05) is 44.4 Å². The predicted molar refractivity (Wildman–Crippen MR) is 127 cm³/mol. The fourth-order valence-corrected chi connectivity index (χ4v) is 4.12. The number of anilines is 1. The van der Waals surface area contributed by atoms with Gasteiger partial charge in [0.15, 0.2) is 18.1 Å². The SMILES string of the molecule is [2H]c1cc(OCCN[C@H](C)Cc2cc3c(c(C(N)=O)c2)N(CCCO)CC3)c(OCC(F)(F)F)cc1[2H]. The van der Waals surface area contributed by atoms with Crippen LogP contribution in [0.3, 0.4) is 0 Å². The van der Waals surface area contributed by atoms with E-state index in [1.54, 1.807) is 6.07 Å². The van der Waals surface area contributed by atoms with Crippen LogP contribution in [0, 0.1) is 0 Å². The number of aliphatic hydroxyl groups excluding tert-OH is 1. The number of amides is 1. The Balaban J connectivity index is 1.58. The molecule has 0 aliphatic carbocycles. The van der Waals surface area contributed by atoms with Crippen molar-refractivity contribution >= 4 is 11.6 Å². The number of ether oxygens (including phenoxy) is 2. The molecule has 1 aliphatic rings. The Morgan fingerprint density at radius 3 is 2.66 bits per heavy atom. The number of aliphatic hydroxyl groups is 1. The van der Waals surface area contributed by atoms with Gasteiger partial charge in [0.25, 0.3) is 5.91 Å². The highest BCUT2D eigenvalue weighted by Crippen LogP contribution is 2.33. The molecule has 0 radical (unpaired) electrons. The van der Waals surface area contributed by atoms with Crippen LogP contribution in [0.25, 0.3) is 0 Å². The third kappa shape index (κ3) is 7.76. The summed E-state index contributed by atoms with van der Waals surface area (Å²) in [4.78, 5) is 14.2. The van der Waals surface area contributed by atoms with Crippen molar-refractivity contribution in [1.82, 2.24) is 5.32 Å². The van der Waals surface area contributed by atoms with E-state index in [0.717, 1.165) is 41.9 Å². The van der Waals surface area contributed by atoms with Gasteiger partial charge in [0.05, 0.1) is 14.0 Å². The Kier molecular flexibility index (Phi) is 8.23. The van der Waals surface area contributed by atoms with E-state index in [9.17, 15) is 18.0 Å². The van der Waals surface area contributed by atoms with E-state index >= 15 is 0 Å². The summed E-state index contributed by atoms with van der Waals surface area (Å²) in [6.07, 6.45) is -2.54. The van der Waals surface area contributed by atoms with Crippen molar-refractivity contribution in [2.24, 2.45) is 5.73 Å². The lowest BCUT2D eigenvalue weighted by Gasteiger charge is -2.22. The van der Waals surface area contributed by atoms with Crippen LogP contribution >= 0.6 is 0 Å². The van der Waals surface area contributed by atoms with Crippen LogP contribution < -0.4 is 25.4 Å². The van der Waals surface area contributed by atoms with Crippen molar-refractivity contribution in [2.45, 2.75) is 38.4 Å². The lowest BCUT2D eigenvalue weighted by Crippen LogP contribution is -2.32. The zero-order valence-electron chi connectivity index (χ0n) is 21.6. The Morgan fingerprint density at radius 2 is 2.00 bits per heavy atom. The van der Waals surface area contributed by atoms with E-state index in [0.29, 0.717) is 31.5 Å². The first kappa shape index (κ1) is 23.7. The Bertz CT molecular complexity index is 1100. The van der Waals surface area contributed by atoms with Crippen molar-refractivity contribution in [3.63, 3.8) is 0 Å². The third-order valence-corrected chi connectivity index (χ3v) is 5.59. The summed E-state index contributed by atoms with van der Waals surface area (Å²) < 4.78 is 63.3. The number of hydrogen-bond donors (Lipinski definition) is 3. The number of fused-ring (bicyclic) bond motifs is 1. The van der Waals surface area contributed by atoms with E-state index in [4.69, 9.17) is 23.1 Å². The molecule has 7 nitrogen and oxygen atoms in total. The highest BCUT2D eigenvalue weighted by Gasteiger charge is 2.29. The quantitative estimate of drug-likeness (QED) is 0.368. The summed E-state index contributed by atoms with van der Waals surface area (Å²) in [5.41, 5.74) is 8.97. The van der Waals surface area contributed by atoms with E-state index in [2.05, 4.69) is 16.3 Å². The number of halogens is 3. The molecule has 0 bridgehead atoms. The zero-order valence-corrected chi connectivity index (χ0v) is 19.6. The molecular weight excluding hydrogens is 463 g/mol. The molecular formula is C25H32F3N3O4. The maximum atomic E-state index is 12.5. The number of alkyl halides is 3. The number of para-hydroxylation sites is 2. The first-order valence-corrected chi connectivity index (χ1v) is 11.5. The Hall–Kier alpha value is -2.98. The van der Waals surface area contributed by atoms with Crippen molar-refractivity contribution in [3.8, 4) is 11.5 Å². The third-order valence-electron chi connectivity index (χ3n) is 5.59. The molecule has 1 aliphatic heterocycles. The molecule has 192 valence electrons. The molecule has 1 atom stereocenters. The number of carbonyl (C=O) groups excluding carboxylic acids is 1. The first-order valence-electron chi connectivity index (χ1n) is 12.5. The van der Waals surface area contributed by atoms with Gasteiger partial charge in [-0.1, -0.05) is 18.2 Å². The van der Waals surface area contributed by atoms with Crippen LogP contribution in [0.5, 0.6) is 11.5 Å². The lowest BCUT2D eigenvalue weighted by atomic mass is 9.98. The molecule has 1 heterocycles. The summed E-state index contributed by atoms with van der Waals surface area (Å²) in [5, 5.41) is 12.4. The molecule has 35 heavy (non-hydrogen) atoms. The predicted octanol–water partition coefficient (Wildman–Crippen LogP) is 3.07. The molecule has 1 amide bonds. The molecule has 0 saturated heterocycles. The average Bonchev–Trinajstić information content (AvgIpc) is 3.23. The highest BCUT2D eigenvalue weighted by atomic mass is 19.4. The molecule has 0 fully saturated rings. The van der Waals surface area contributed by atoms with Crippen molar-refractivity contribution in [3.05, 3.63) is 53.0 Å². The summed E-state index contributed by atoms with van der Waals surface area (Å²) >= 11 is 0. The minimum atomic E-state index is -4.54. The van der Waals surface area contributed by atoms with E-state index in [1.807, 2.05) is 6.92 Å². The molecule has 2 aromatic carbocycles. The number of nitrogens with two attached hydrogens (primary N) is 1. The van der Waals surface area contributed by atoms with Gasteiger partial charge in [0.1, 0.15) is 6.61 Å². The molecule has 3 rings (SSSR count). The summed E-state index contributed by atoms with van der Waals surface area (Å²) in [5.74, 6) is -0.772. The second kappa shape index (κ2) is 12.1. The summed E-state index contributed by atoms with van der Waals surface area (Å²) in [7, 11) is 0. The maximum absolute atomic E-state index is 12.5. The first-order chi connectivity index (χ1) is 17.5. The van der Waals surface area contributed by atoms with Crippen LogP contribution in [-0.4, -0.2) is 62.7 Å². The van der Waals surface area contributed by atoms with Gasteiger partial charge < -0.3 is 30.5 Å². The number of carbonyl (C=O) groups is 1. The lowest BCUT2D eigenvalue weighted by molar-refractivity contribution is -0.153. The molecule has 0 spiro atoms. The van der Waals surface area contributed by atoms with Gasteiger partial charge in [-0.2, -0.15) is 13.2 Å².